The smallest absolute Gasteiger partial charge is 0.306 e. The lowest BCUT2D eigenvalue weighted by Gasteiger charge is -2.30. The van der Waals surface area contributed by atoms with Crippen LogP contribution in [-0.4, -0.2) is 11.1 Å². The van der Waals surface area contributed by atoms with Crippen molar-refractivity contribution in [2.24, 2.45) is 17.8 Å². The fourth-order valence-corrected chi connectivity index (χ4v) is 2.50. The van der Waals surface area contributed by atoms with Crippen LogP contribution >= 0.6 is 0 Å². The first-order valence-electron chi connectivity index (χ1n) is 5.88. The Kier molecular flexibility index (Phi) is 4.43. The van der Waals surface area contributed by atoms with Crippen molar-refractivity contribution in [3.05, 3.63) is 0 Å². The van der Waals surface area contributed by atoms with E-state index in [0.717, 1.165) is 25.7 Å². The number of hydrogen-bond donors (Lipinski definition) is 1. The van der Waals surface area contributed by atoms with E-state index in [0.29, 0.717) is 11.8 Å². The summed E-state index contributed by atoms with van der Waals surface area (Å²) in [5.41, 5.74) is 0. The van der Waals surface area contributed by atoms with Crippen LogP contribution in [0.15, 0.2) is 0 Å². The number of hydrogen-bond acceptors (Lipinski definition) is 1. The molecule has 2 heteroatoms. The van der Waals surface area contributed by atoms with E-state index in [1.54, 1.807) is 0 Å². The highest BCUT2D eigenvalue weighted by Crippen LogP contribution is 2.35. The zero-order chi connectivity index (χ0) is 10.6. The van der Waals surface area contributed by atoms with E-state index in [2.05, 4.69) is 13.8 Å². The number of carbonyl (C=O) groups is 1. The Labute approximate surface area is 86.7 Å². The molecule has 0 aromatic rings. The lowest BCUT2D eigenvalue weighted by molar-refractivity contribution is -0.145. The Bertz CT molecular complexity index is 189. The molecule has 1 aliphatic rings. The van der Waals surface area contributed by atoms with Crippen molar-refractivity contribution < 1.29 is 9.90 Å². The third-order valence-electron chi connectivity index (χ3n) is 3.63. The molecule has 0 bridgehead atoms. The Morgan fingerprint density at radius 2 is 2.07 bits per heavy atom. The average molecular weight is 198 g/mol. The quantitative estimate of drug-likeness (QED) is 0.752. The Morgan fingerprint density at radius 1 is 1.43 bits per heavy atom. The molecule has 3 unspecified atom stereocenters. The molecule has 0 aliphatic heterocycles. The maximum atomic E-state index is 11.0. The first kappa shape index (κ1) is 11.5. The molecule has 0 heterocycles. The summed E-state index contributed by atoms with van der Waals surface area (Å²) in [4.78, 5) is 11.0. The van der Waals surface area contributed by atoms with Gasteiger partial charge in [-0.2, -0.15) is 0 Å². The van der Waals surface area contributed by atoms with Crippen molar-refractivity contribution in [1.29, 1.82) is 0 Å². The molecular formula is C12H22O2. The lowest BCUT2D eigenvalue weighted by atomic mass is 9.75. The molecule has 3 atom stereocenters. The first-order valence-corrected chi connectivity index (χ1v) is 5.88. The van der Waals surface area contributed by atoms with Crippen LogP contribution in [0.2, 0.25) is 0 Å². The number of rotatable bonds is 4. The van der Waals surface area contributed by atoms with Gasteiger partial charge in [0.1, 0.15) is 0 Å². The van der Waals surface area contributed by atoms with Gasteiger partial charge in [0.2, 0.25) is 0 Å². The van der Waals surface area contributed by atoms with Gasteiger partial charge in [-0.25, -0.2) is 0 Å². The minimum absolute atomic E-state index is 0.0576. The van der Waals surface area contributed by atoms with Crippen LogP contribution in [0, 0.1) is 17.8 Å². The van der Waals surface area contributed by atoms with E-state index in [1.165, 1.54) is 12.8 Å². The molecule has 1 N–H and O–H groups in total. The van der Waals surface area contributed by atoms with Gasteiger partial charge in [0, 0.05) is 0 Å². The molecule has 0 aromatic carbocycles. The molecule has 0 saturated heterocycles. The molecule has 0 spiro atoms. The van der Waals surface area contributed by atoms with Gasteiger partial charge in [-0.3, -0.25) is 4.79 Å². The molecule has 1 saturated carbocycles. The number of carboxylic acids is 1. The summed E-state index contributed by atoms with van der Waals surface area (Å²) in [5.74, 6) is 0.493. The molecule has 1 fully saturated rings. The summed E-state index contributed by atoms with van der Waals surface area (Å²) in [6.45, 7) is 4.41. The molecule has 82 valence electrons. The number of aliphatic carboxylic acids is 1. The fraction of sp³-hybridized carbons (Fsp3) is 0.917. The minimum Gasteiger partial charge on any atom is -0.481 e. The molecular weight excluding hydrogens is 176 g/mol. The van der Waals surface area contributed by atoms with Crippen molar-refractivity contribution in [2.75, 3.05) is 0 Å². The lowest BCUT2D eigenvalue weighted by Crippen LogP contribution is -2.28. The molecule has 1 rings (SSSR count). The van der Waals surface area contributed by atoms with Crippen molar-refractivity contribution in [3.63, 3.8) is 0 Å². The molecule has 2 nitrogen and oxygen atoms in total. The molecule has 1 aliphatic carbocycles. The van der Waals surface area contributed by atoms with Crippen LogP contribution < -0.4 is 0 Å². The zero-order valence-corrected chi connectivity index (χ0v) is 9.33. The highest BCUT2D eigenvalue weighted by atomic mass is 16.4. The summed E-state index contributed by atoms with van der Waals surface area (Å²) in [5, 5.41) is 9.09. The third kappa shape index (κ3) is 3.00. The third-order valence-corrected chi connectivity index (χ3v) is 3.63. The second-order valence-corrected chi connectivity index (χ2v) is 4.74. The predicted molar refractivity (Wildman–Crippen MR) is 57.2 cm³/mol. The zero-order valence-electron chi connectivity index (χ0n) is 9.33. The normalized spacial score (nSPS) is 29.9. The van der Waals surface area contributed by atoms with Gasteiger partial charge < -0.3 is 5.11 Å². The maximum Gasteiger partial charge on any atom is 0.306 e. The van der Waals surface area contributed by atoms with E-state index >= 15 is 0 Å². The highest BCUT2D eigenvalue weighted by molar-refractivity contribution is 5.70. The second-order valence-electron chi connectivity index (χ2n) is 4.74. The van der Waals surface area contributed by atoms with Crippen LogP contribution in [0.25, 0.3) is 0 Å². The van der Waals surface area contributed by atoms with Crippen LogP contribution in [0.3, 0.4) is 0 Å². The minimum atomic E-state index is -0.571. The van der Waals surface area contributed by atoms with Crippen molar-refractivity contribution in [2.45, 2.75) is 52.4 Å². The second kappa shape index (κ2) is 5.38. The van der Waals surface area contributed by atoms with Crippen LogP contribution in [0.1, 0.15) is 52.4 Å². The Hall–Kier alpha value is -0.530. The van der Waals surface area contributed by atoms with Gasteiger partial charge in [0.05, 0.1) is 5.92 Å². The highest BCUT2D eigenvalue weighted by Gasteiger charge is 2.31. The van der Waals surface area contributed by atoms with Crippen LogP contribution in [0.4, 0.5) is 0 Å². The van der Waals surface area contributed by atoms with E-state index in [1.807, 2.05) is 0 Å². The fourth-order valence-electron chi connectivity index (χ4n) is 2.50. The van der Waals surface area contributed by atoms with Gasteiger partial charge in [-0.1, -0.05) is 33.1 Å². The van der Waals surface area contributed by atoms with Crippen molar-refractivity contribution >= 4 is 5.97 Å². The summed E-state index contributed by atoms with van der Waals surface area (Å²) in [6, 6.07) is 0. The molecule has 0 aromatic heterocycles. The topological polar surface area (TPSA) is 37.3 Å². The average Bonchev–Trinajstić information content (AvgIpc) is 2.18. The molecule has 14 heavy (non-hydrogen) atoms. The van der Waals surface area contributed by atoms with Crippen LogP contribution in [0.5, 0.6) is 0 Å². The van der Waals surface area contributed by atoms with Gasteiger partial charge in [-0.15, -0.1) is 0 Å². The summed E-state index contributed by atoms with van der Waals surface area (Å²) < 4.78 is 0. The van der Waals surface area contributed by atoms with Crippen LogP contribution in [-0.2, 0) is 4.79 Å². The van der Waals surface area contributed by atoms with Gasteiger partial charge in [0.25, 0.3) is 0 Å². The van der Waals surface area contributed by atoms with E-state index in [4.69, 9.17) is 5.11 Å². The predicted octanol–water partition coefficient (Wildman–Crippen LogP) is 3.31. The standard InChI is InChI=1S/C12H22O2/c1-3-9(2)8-10-6-4-5-7-11(10)12(13)14/h9-11H,3-8H2,1-2H3,(H,13,14). The summed E-state index contributed by atoms with van der Waals surface area (Å²) in [6.07, 6.45) is 6.63. The van der Waals surface area contributed by atoms with Gasteiger partial charge in [-0.05, 0) is 31.1 Å². The van der Waals surface area contributed by atoms with E-state index < -0.39 is 5.97 Å². The maximum absolute atomic E-state index is 11.0. The summed E-state index contributed by atoms with van der Waals surface area (Å²) >= 11 is 0. The molecule has 0 radical (unpaired) electrons. The van der Waals surface area contributed by atoms with Gasteiger partial charge >= 0.3 is 5.97 Å². The molecule has 0 amide bonds. The number of carboxylic acid groups (broad SMARTS) is 1. The van der Waals surface area contributed by atoms with Crippen molar-refractivity contribution in [1.82, 2.24) is 0 Å². The Balaban J connectivity index is 2.49. The SMILES string of the molecule is CCC(C)CC1CCCCC1C(=O)O. The van der Waals surface area contributed by atoms with E-state index in [9.17, 15) is 4.79 Å². The van der Waals surface area contributed by atoms with Crippen molar-refractivity contribution in [3.8, 4) is 0 Å². The van der Waals surface area contributed by atoms with Gasteiger partial charge in [0.15, 0.2) is 0 Å². The monoisotopic (exact) mass is 198 g/mol. The van der Waals surface area contributed by atoms with E-state index in [-0.39, 0.29) is 5.92 Å². The largest absolute Gasteiger partial charge is 0.481 e. The Morgan fingerprint density at radius 3 is 2.64 bits per heavy atom. The summed E-state index contributed by atoms with van der Waals surface area (Å²) in [7, 11) is 0. The first-order chi connectivity index (χ1) is 6.65.